The van der Waals surface area contributed by atoms with Gasteiger partial charge in [0.1, 0.15) is 0 Å². The zero-order chi connectivity index (χ0) is 17.4. The summed E-state index contributed by atoms with van der Waals surface area (Å²) in [6.45, 7) is 13.2. The second-order valence-corrected chi connectivity index (χ2v) is 7.05. The zero-order valence-electron chi connectivity index (χ0n) is 15.6. The molecule has 0 atom stereocenters. The third-order valence-corrected chi connectivity index (χ3v) is 5.12. The predicted octanol–water partition coefficient (Wildman–Crippen LogP) is 6.87. The standard InChI is InChI=1S/C24H26/c1-15-10-11-21(18(4)12-15)23-13-16(2)14-24(20(23)6)22-9-7-8-17(3)19(22)5/h7-14H,1-6H3. The van der Waals surface area contributed by atoms with Crippen molar-refractivity contribution >= 4 is 0 Å². The monoisotopic (exact) mass is 314 g/mol. The maximum Gasteiger partial charge on any atom is -0.0143 e. The van der Waals surface area contributed by atoms with E-state index < -0.39 is 0 Å². The average molecular weight is 314 g/mol. The van der Waals surface area contributed by atoms with E-state index in [-0.39, 0.29) is 0 Å². The summed E-state index contributed by atoms with van der Waals surface area (Å²) in [7, 11) is 0. The van der Waals surface area contributed by atoms with E-state index in [0.29, 0.717) is 0 Å². The van der Waals surface area contributed by atoms with Crippen molar-refractivity contribution in [2.45, 2.75) is 41.5 Å². The Morgan fingerprint density at radius 3 is 1.79 bits per heavy atom. The lowest BCUT2D eigenvalue weighted by Gasteiger charge is -2.18. The van der Waals surface area contributed by atoms with Crippen LogP contribution in [0.25, 0.3) is 22.3 Å². The molecular formula is C24H26. The minimum atomic E-state index is 1.31. The Bertz CT molecular complexity index is 914. The first kappa shape index (κ1) is 16.5. The SMILES string of the molecule is Cc1ccc(-c2cc(C)cc(-c3cccc(C)c3C)c2C)c(C)c1. The fourth-order valence-electron chi connectivity index (χ4n) is 3.58. The van der Waals surface area contributed by atoms with Crippen molar-refractivity contribution in [1.82, 2.24) is 0 Å². The van der Waals surface area contributed by atoms with Gasteiger partial charge in [-0.25, -0.2) is 0 Å². The lowest BCUT2D eigenvalue weighted by Crippen LogP contribution is -1.95. The van der Waals surface area contributed by atoms with Crippen LogP contribution in [0.4, 0.5) is 0 Å². The molecule has 0 saturated heterocycles. The summed E-state index contributed by atoms with van der Waals surface area (Å²) >= 11 is 0. The Hall–Kier alpha value is -2.34. The summed E-state index contributed by atoms with van der Waals surface area (Å²) in [5, 5.41) is 0. The molecule has 0 aromatic heterocycles. The van der Waals surface area contributed by atoms with Crippen molar-refractivity contribution in [2.24, 2.45) is 0 Å². The second-order valence-electron chi connectivity index (χ2n) is 7.05. The molecule has 0 heterocycles. The molecule has 122 valence electrons. The molecule has 3 aromatic carbocycles. The van der Waals surface area contributed by atoms with Gasteiger partial charge in [-0.15, -0.1) is 0 Å². The van der Waals surface area contributed by atoms with Crippen molar-refractivity contribution in [3.8, 4) is 22.3 Å². The van der Waals surface area contributed by atoms with Gasteiger partial charge in [0.15, 0.2) is 0 Å². The van der Waals surface area contributed by atoms with Crippen molar-refractivity contribution in [3.05, 3.63) is 81.9 Å². The van der Waals surface area contributed by atoms with E-state index in [9.17, 15) is 0 Å². The average Bonchev–Trinajstić information content (AvgIpc) is 2.52. The van der Waals surface area contributed by atoms with E-state index in [1.54, 1.807) is 0 Å². The van der Waals surface area contributed by atoms with Gasteiger partial charge in [0, 0.05) is 0 Å². The van der Waals surface area contributed by atoms with Crippen LogP contribution in [-0.2, 0) is 0 Å². The lowest BCUT2D eigenvalue weighted by atomic mass is 9.87. The Labute approximate surface area is 146 Å². The van der Waals surface area contributed by atoms with Crippen LogP contribution in [0, 0.1) is 41.5 Å². The van der Waals surface area contributed by atoms with Gasteiger partial charge in [-0.05, 0) is 91.6 Å². The molecule has 0 aliphatic heterocycles. The van der Waals surface area contributed by atoms with E-state index in [0.717, 1.165) is 0 Å². The van der Waals surface area contributed by atoms with Crippen molar-refractivity contribution in [2.75, 3.05) is 0 Å². The van der Waals surface area contributed by atoms with E-state index >= 15 is 0 Å². The van der Waals surface area contributed by atoms with Gasteiger partial charge in [-0.3, -0.25) is 0 Å². The molecule has 0 radical (unpaired) electrons. The van der Waals surface area contributed by atoms with E-state index in [2.05, 4.69) is 90.1 Å². The maximum absolute atomic E-state index is 2.32. The molecule has 0 aliphatic carbocycles. The normalized spacial score (nSPS) is 10.9. The molecule has 3 rings (SSSR count). The quantitative estimate of drug-likeness (QED) is 0.484. The Morgan fingerprint density at radius 2 is 1.12 bits per heavy atom. The molecule has 0 N–H and O–H groups in total. The van der Waals surface area contributed by atoms with Crippen LogP contribution < -0.4 is 0 Å². The third kappa shape index (κ3) is 2.89. The Balaban J connectivity index is 2.28. The highest BCUT2D eigenvalue weighted by Crippen LogP contribution is 2.36. The van der Waals surface area contributed by atoms with Gasteiger partial charge >= 0.3 is 0 Å². The van der Waals surface area contributed by atoms with Crippen LogP contribution in [0.15, 0.2) is 48.5 Å². The molecule has 24 heavy (non-hydrogen) atoms. The Kier molecular flexibility index (Phi) is 4.32. The van der Waals surface area contributed by atoms with Crippen LogP contribution in [0.1, 0.15) is 33.4 Å². The zero-order valence-corrected chi connectivity index (χ0v) is 15.6. The number of hydrogen-bond donors (Lipinski definition) is 0. The van der Waals surface area contributed by atoms with Gasteiger partial charge in [-0.1, -0.05) is 54.1 Å². The summed E-state index contributed by atoms with van der Waals surface area (Å²) in [5.41, 5.74) is 13.4. The van der Waals surface area contributed by atoms with Gasteiger partial charge < -0.3 is 0 Å². The molecule has 0 fully saturated rings. The summed E-state index contributed by atoms with van der Waals surface area (Å²) in [5.74, 6) is 0. The lowest BCUT2D eigenvalue weighted by molar-refractivity contribution is 1.31. The smallest absolute Gasteiger partial charge is 0.0143 e. The molecule has 3 aromatic rings. The third-order valence-electron chi connectivity index (χ3n) is 5.12. The minimum Gasteiger partial charge on any atom is -0.0614 e. The minimum absolute atomic E-state index is 1.31. The van der Waals surface area contributed by atoms with Crippen molar-refractivity contribution in [1.29, 1.82) is 0 Å². The van der Waals surface area contributed by atoms with Crippen LogP contribution in [0.5, 0.6) is 0 Å². The number of rotatable bonds is 2. The number of aryl methyl sites for hydroxylation is 4. The molecule has 0 heteroatoms. The molecule has 0 saturated carbocycles. The predicted molar refractivity (Wildman–Crippen MR) is 106 cm³/mol. The van der Waals surface area contributed by atoms with Gasteiger partial charge in [0.25, 0.3) is 0 Å². The topological polar surface area (TPSA) is 0 Å². The first-order valence-electron chi connectivity index (χ1n) is 8.64. The second kappa shape index (κ2) is 6.28. The largest absolute Gasteiger partial charge is 0.0614 e. The van der Waals surface area contributed by atoms with Crippen LogP contribution >= 0.6 is 0 Å². The highest BCUT2D eigenvalue weighted by atomic mass is 14.2. The molecule has 0 aliphatic rings. The summed E-state index contributed by atoms with van der Waals surface area (Å²) in [6.07, 6.45) is 0. The van der Waals surface area contributed by atoms with Gasteiger partial charge in [-0.2, -0.15) is 0 Å². The summed E-state index contributed by atoms with van der Waals surface area (Å²) in [6, 6.07) is 18.0. The van der Waals surface area contributed by atoms with Crippen molar-refractivity contribution < 1.29 is 0 Å². The molecule has 0 amide bonds. The van der Waals surface area contributed by atoms with E-state index in [1.165, 1.54) is 55.6 Å². The first-order chi connectivity index (χ1) is 11.4. The molecule has 0 unspecified atom stereocenters. The summed E-state index contributed by atoms with van der Waals surface area (Å²) < 4.78 is 0. The molecule has 0 nitrogen and oxygen atoms in total. The van der Waals surface area contributed by atoms with Crippen LogP contribution in [0.2, 0.25) is 0 Å². The Morgan fingerprint density at radius 1 is 0.458 bits per heavy atom. The first-order valence-corrected chi connectivity index (χ1v) is 8.64. The molecule has 0 bridgehead atoms. The highest BCUT2D eigenvalue weighted by molar-refractivity contribution is 5.82. The highest BCUT2D eigenvalue weighted by Gasteiger charge is 2.13. The van der Waals surface area contributed by atoms with Gasteiger partial charge in [0.2, 0.25) is 0 Å². The fraction of sp³-hybridized carbons (Fsp3) is 0.250. The maximum atomic E-state index is 2.32. The van der Waals surface area contributed by atoms with E-state index in [1.807, 2.05) is 0 Å². The van der Waals surface area contributed by atoms with Crippen LogP contribution in [0.3, 0.4) is 0 Å². The number of hydrogen-bond acceptors (Lipinski definition) is 0. The van der Waals surface area contributed by atoms with Gasteiger partial charge in [0.05, 0.1) is 0 Å². The molecular weight excluding hydrogens is 288 g/mol. The number of benzene rings is 3. The summed E-state index contributed by atoms with van der Waals surface area (Å²) in [4.78, 5) is 0. The fourth-order valence-corrected chi connectivity index (χ4v) is 3.58. The van der Waals surface area contributed by atoms with Crippen molar-refractivity contribution in [3.63, 3.8) is 0 Å². The molecule has 0 spiro atoms. The van der Waals surface area contributed by atoms with Crippen LogP contribution in [-0.4, -0.2) is 0 Å². The van der Waals surface area contributed by atoms with E-state index in [4.69, 9.17) is 0 Å².